The van der Waals surface area contributed by atoms with Crippen molar-refractivity contribution >= 4 is 113 Å². The standard InChI is InChI=1S/C52H31NOS2/c1-2-13-37-32(11-1)25-29-41-44-31-34(26-30-47(44)54-50(37)41)36-12-3-6-19-45(36)53(46-20-10-18-43-40-15-5-8-22-49(40)56-52(43)46)35-27-23-33(24-28-35)38-16-9-17-42-39-14-4-7-21-48(39)55-51(38)42/h1-31H. The third-order valence-electron chi connectivity index (χ3n) is 11.3. The normalized spacial score (nSPS) is 11.9. The molecule has 2 nitrogen and oxygen atoms in total. The molecule has 9 aromatic carbocycles. The van der Waals surface area contributed by atoms with E-state index in [0.717, 1.165) is 55.5 Å². The van der Waals surface area contributed by atoms with Crippen LogP contribution in [-0.4, -0.2) is 0 Å². The molecule has 4 heteroatoms. The van der Waals surface area contributed by atoms with Gasteiger partial charge in [-0.15, -0.1) is 22.7 Å². The molecule has 56 heavy (non-hydrogen) atoms. The van der Waals surface area contributed by atoms with Gasteiger partial charge in [0.1, 0.15) is 11.2 Å². The van der Waals surface area contributed by atoms with E-state index < -0.39 is 0 Å². The number of hydrogen-bond acceptors (Lipinski definition) is 4. The molecule has 0 aliphatic carbocycles. The molecule has 0 atom stereocenters. The van der Waals surface area contributed by atoms with Crippen LogP contribution < -0.4 is 4.90 Å². The highest BCUT2D eigenvalue weighted by molar-refractivity contribution is 7.26. The second kappa shape index (κ2) is 12.4. The summed E-state index contributed by atoms with van der Waals surface area (Å²) in [7, 11) is 0. The highest BCUT2D eigenvalue weighted by Gasteiger charge is 2.22. The molecule has 12 aromatic rings. The van der Waals surface area contributed by atoms with Crippen molar-refractivity contribution in [3.63, 3.8) is 0 Å². The van der Waals surface area contributed by atoms with Crippen LogP contribution in [0.3, 0.4) is 0 Å². The van der Waals surface area contributed by atoms with E-state index in [1.165, 1.54) is 56.9 Å². The van der Waals surface area contributed by atoms with Gasteiger partial charge in [-0.3, -0.25) is 0 Å². The number of rotatable bonds is 5. The van der Waals surface area contributed by atoms with Gasteiger partial charge in [0.05, 0.1) is 16.1 Å². The van der Waals surface area contributed by atoms with E-state index in [1.54, 1.807) is 0 Å². The smallest absolute Gasteiger partial charge is 0.143 e. The zero-order chi connectivity index (χ0) is 36.7. The van der Waals surface area contributed by atoms with E-state index in [1.807, 2.05) is 22.7 Å². The fourth-order valence-corrected chi connectivity index (χ4v) is 11.1. The lowest BCUT2D eigenvalue weighted by molar-refractivity contribution is 0.672. The van der Waals surface area contributed by atoms with Gasteiger partial charge in [0.2, 0.25) is 0 Å². The van der Waals surface area contributed by atoms with Crippen molar-refractivity contribution in [2.24, 2.45) is 0 Å². The lowest BCUT2D eigenvalue weighted by atomic mass is 9.98. The average Bonchev–Trinajstić information content (AvgIpc) is 3.96. The Morgan fingerprint density at radius 3 is 1.80 bits per heavy atom. The van der Waals surface area contributed by atoms with Crippen molar-refractivity contribution in [1.82, 2.24) is 0 Å². The number of thiophene rings is 2. The maximum absolute atomic E-state index is 6.53. The fraction of sp³-hybridized carbons (Fsp3) is 0. The summed E-state index contributed by atoms with van der Waals surface area (Å²) in [6.07, 6.45) is 0. The summed E-state index contributed by atoms with van der Waals surface area (Å²) in [5.41, 5.74) is 10.0. The minimum Gasteiger partial charge on any atom is -0.455 e. The first-order valence-corrected chi connectivity index (χ1v) is 20.5. The first-order chi connectivity index (χ1) is 27.8. The van der Waals surface area contributed by atoms with Gasteiger partial charge in [0.15, 0.2) is 0 Å². The van der Waals surface area contributed by atoms with E-state index in [2.05, 4.69) is 193 Å². The van der Waals surface area contributed by atoms with Gasteiger partial charge in [0, 0.05) is 63.1 Å². The van der Waals surface area contributed by atoms with Crippen molar-refractivity contribution in [2.75, 3.05) is 4.90 Å². The van der Waals surface area contributed by atoms with Crippen LogP contribution in [0.1, 0.15) is 0 Å². The Balaban J connectivity index is 1.06. The molecule has 0 N–H and O–H groups in total. The molecule has 0 radical (unpaired) electrons. The first-order valence-electron chi connectivity index (χ1n) is 18.9. The summed E-state index contributed by atoms with van der Waals surface area (Å²) in [6.45, 7) is 0. The lowest BCUT2D eigenvalue weighted by Gasteiger charge is -2.28. The maximum Gasteiger partial charge on any atom is 0.143 e. The molecule has 3 aromatic heterocycles. The van der Waals surface area contributed by atoms with Crippen LogP contribution in [0.25, 0.3) is 95.3 Å². The highest BCUT2D eigenvalue weighted by Crippen LogP contribution is 2.48. The predicted molar refractivity (Wildman–Crippen MR) is 243 cm³/mol. The molecule has 12 rings (SSSR count). The summed E-state index contributed by atoms with van der Waals surface area (Å²) in [5.74, 6) is 0. The average molecular weight is 750 g/mol. The number of nitrogens with zero attached hydrogens (tertiary/aromatic N) is 1. The van der Waals surface area contributed by atoms with Gasteiger partial charge in [-0.25, -0.2) is 0 Å². The zero-order valence-corrected chi connectivity index (χ0v) is 31.7. The Hall–Kier alpha value is -6.72. The first kappa shape index (κ1) is 31.6. The van der Waals surface area contributed by atoms with E-state index >= 15 is 0 Å². The Labute approximate surface area is 330 Å². The van der Waals surface area contributed by atoms with Crippen molar-refractivity contribution in [2.45, 2.75) is 0 Å². The Morgan fingerprint density at radius 1 is 0.375 bits per heavy atom. The number of hydrogen-bond donors (Lipinski definition) is 0. The van der Waals surface area contributed by atoms with E-state index in [-0.39, 0.29) is 0 Å². The molecule has 0 fully saturated rings. The van der Waals surface area contributed by atoms with Gasteiger partial charge < -0.3 is 9.32 Å². The van der Waals surface area contributed by atoms with Gasteiger partial charge in [-0.05, 0) is 76.7 Å². The number of fused-ring (bicyclic) bond motifs is 11. The molecular weight excluding hydrogens is 719 g/mol. The zero-order valence-electron chi connectivity index (χ0n) is 30.1. The number of anilines is 3. The molecule has 0 amide bonds. The van der Waals surface area contributed by atoms with E-state index in [9.17, 15) is 0 Å². The van der Waals surface area contributed by atoms with E-state index in [4.69, 9.17) is 4.42 Å². The van der Waals surface area contributed by atoms with Crippen LogP contribution in [0.5, 0.6) is 0 Å². The molecule has 0 unspecified atom stereocenters. The molecule has 3 heterocycles. The van der Waals surface area contributed by atoms with Crippen molar-refractivity contribution in [3.8, 4) is 22.3 Å². The molecule has 0 spiro atoms. The molecular formula is C52H31NOS2. The number of benzene rings is 9. The van der Waals surface area contributed by atoms with Crippen molar-refractivity contribution in [3.05, 3.63) is 188 Å². The van der Waals surface area contributed by atoms with Crippen LogP contribution in [-0.2, 0) is 0 Å². The van der Waals surface area contributed by atoms with Gasteiger partial charge in [0.25, 0.3) is 0 Å². The quantitative estimate of drug-likeness (QED) is 0.174. The Kier molecular flexibility index (Phi) is 7.00. The van der Waals surface area contributed by atoms with Crippen LogP contribution in [0.4, 0.5) is 17.1 Å². The minimum atomic E-state index is 0.897. The summed E-state index contributed by atoms with van der Waals surface area (Å²) in [6, 6.07) is 68.4. The van der Waals surface area contributed by atoms with Gasteiger partial charge in [-0.2, -0.15) is 0 Å². The Morgan fingerprint density at radius 2 is 0.982 bits per heavy atom. The second-order valence-corrected chi connectivity index (χ2v) is 16.5. The summed E-state index contributed by atoms with van der Waals surface area (Å²) < 4.78 is 11.7. The SMILES string of the molecule is c1ccc(N(c2ccc(-c3cccc4c3sc3ccccc34)cc2)c2cccc3c2sc2ccccc23)c(-c2ccc3oc4c5ccccc5ccc4c3c2)c1. The predicted octanol–water partition coefficient (Wildman–Crippen LogP) is 16.3. The lowest BCUT2D eigenvalue weighted by Crippen LogP contribution is -2.11. The maximum atomic E-state index is 6.53. The number of furan rings is 1. The molecule has 0 saturated carbocycles. The van der Waals surface area contributed by atoms with E-state index in [0.29, 0.717) is 0 Å². The molecule has 262 valence electrons. The fourth-order valence-electron chi connectivity index (χ4n) is 8.67. The number of para-hydroxylation sites is 1. The monoisotopic (exact) mass is 749 g/mol. The van der Waals surface area contributed by atoms with Crippen LogP contribution in [0.2, 0.25) is 0 Å². The second-order valence-electron chi connectivity index (χ2n) is 14.4. The summed E-state index contributed by atoms with van der Waals surface area (Å²) >= 11 is 3.74. The third-order valence-corrected chi connectivity index (χ3v) is 13.7. The van der Waals surface area contributed by atoms with Gasteiger partial charge in [-0.1, -0.05) is 133 Å². The molecule has 0 aliphatic heterocycles. The molecule has 0 bridgehead atoms. The highest BCUT2D eigenvalue weighted by atomic mass is 32.1. The summed E-state index contributed by atoms with van der Waals surface area (Å²) in [5, 5.41) is 9.77. The molecule has 0 saturated heterocycles. The minimum absolute atomic E-state index is 0.897. The topological polar surface area (TPSA) is 16.4 Å². The largest absolute Gasteiger partial charge is 0.455 e. The molecule has 0 aliphatic rings. The summed E-state index contributed by atoms with van der Waals surface area (Å²) in [4.78, 5) is 2.46. The van der Waals surface area contributed by atoms with Crippen LogP contribution in [0.15, 0.2) is 192 Å². The van der Waals surface area contributed by atoms with Crippen LogP contribution in [0, 0.1) is 0 Å². The van der Waals surface area contributed by atoms with Crippen molar-refractivity contribution < 1.29 is 4.42 Å². The van der Waals surface area contributed by atoms with Gasteiger partial charge >= 0.3 is 0 Å². The Bertz CT molecular complexity index is 3500. The van der Waals surface area contributed by atoms with Crippen LogP contribution >= 0.6 is 22.7 Å². The van der Waals surface area contributed by atoms with Crippen molar-refractivity contribution in [1.29, 1.82) is 0 Å². The third kappa shape index (κ3) is 4.80.